The molecule has 1 amide bonds. The Hall–Kier alpha value is -2.15. The first-order valence-corrected chi connectivity index (χ1v) is 7.59. The van der Waals surface area contributed by atoms with Crippen LogP contribution in [0.15, 0.2) is 10.6 Å². The summed E-state index contributed by atoms with van der Waals surface area (Å²) in [7, 11) is 1.33. The summed E-state index contributed by atoms with van der Waals surface area (Å²) in [5, 5.41) is 7.31. The number of anilines is 1. The van der Waals surface area contributed by atoms with Gasteiger partial charge in [0.1, 0.15) is 10.6 Å². The van der Waals surface area contributed by atoms with E-state index in [1.54, 1.807) is 33.8 Å². The molecule has 2 aromatic heterocycles. The second-order valence-electron chi connectivity index (χ2n) is 5.06. The molecule has 0 fully saturated rings. The number of carbonyl (C=O) groups excluding carboxylic acids is 2. The van der Waals surface area contributed by atoms with Gasteiger partial charge in [0.2, 0.25) is 5.91 Å². The maximum Gasteiger partial charge on any atom is 0.348 e. The smallest absolute Gasteiger partial charge is 0.348 e. The number of nitrogens with zero attached hydrogens (tertiary/aromatic N) is 1. The normalized spacial score (nSPS) is 12.0. The molecule has 0 aliphatic carbocycles. The molecular weight excluding hydrogens is 304 g/mol. The Kier molecular flexibility index (Phi) is 4.65. The van der Waals surface area contributed by atoms with Crippen molar-refractivity contribution in [3.8, 4) is 0 Å². The molecule has 0 unspecified atom stereocenters. The summed E-state index contributed by atoms with van der Waals surface area (Å²) in [5.74, 6) is -0.332. The zero-order chi connectivity index (χ0) is 16.4. The molecule has 22 heavy (non-hydrogen) atoms. The first kappa shape index (κ1) is 16.2. The molecule has 0 spiro atoms. The number of rotatable bonds is 4. The number of aryl methyl sites for hydroxylation is 3. The highest BCUT2D eigenvalue weighted by Gasteiger charge is 2.24. The molecule has 1 atom stereocenters. The van der Waals surface area contributed by atoms with Crippen LogP contribution in [0.25, 0.3) is 0 Å². The van der Waals surface area contributed by atoms with E-state index in [1.807, 2.05) is 0 Å². The van der Waals surface area contributed by atoms with Crippen LogP contribution >= 0.6 is 11.3 Å². The van der Waals surface area contributed by atoms with Crippen LogP contribution in [-0.2, 0) is 9.53 Å². The van der Waals surface area contributed by atoms with Gasteiger partial charge in [-0.2, -0.15) is 0 Å². The van der Waals surface area contributed by atoms with Crippen LogP contribution in [0.3, 0.4) is 0 Å². The third kappa shape index (κ3) is 3.04. The molecule has 2 heterocycles. The van der Waals surface area contributed by atoms with E-state index in [2.05, 4.69) is 10.5 Å². The molecule has 0 aliphatic heterocycles. The Balaban J connectivity index is 2.17. The van der Waals surface area contributed by atoms with Gasteiger partial charge in [0.05, 0.1) is 23.7 Å². The second-order valence-corrected chi connectivity index (χ2v) is 6.12. The molecule has 2 rings (SSSR count). The van der Waals surface area contributed by atoms with E-state index in [-0.39, 0.29) is 5.91 Å². The lowest BCUT2D eigenvalue weighted by Crippen LogP contribution is -2.19. The van der Waals surface area contributed by atoms with Crippen molar-refractivity contribution >= 4 is 28.2 Å². The van der Waals surface area contributed by atoms with Crippen molar-refractivity contribution in [3.05, 3.63) is 33.5 Å². The van der Waals surface area contributed by atoms with Crippen molar-refractivity contribution in [2.24, 2.45) is 0 Å². The van der Waals surface area contributed by atoms with Crippen molar-refractivity contribution in [1.82, 2.24) is 5.16 Å². The van der Waals surface area contributed by atoms with Gasteiger partial charge in [-0.15, -0.1) is 11.3 Å². The van der Waals surface area contributed by atoms with Crippen molar-refractivity contribution in [3.63, 3.8) is 0 Å². The Morgan fingerprint density at radius 1 is 1.36 bits per heavy atom. The minimum atomic E-state index is -0.401. The first-order valence-electron chi connectivity index (χ1n) is 6.77. The van der Waals surface area contributed by atoms with E-state index < -0.39 is 11.9 Å². The minimum absolute atomic E-state index is 0.174. The molecule has 2 aromatic rings. The summed E-state index contributed by atoms with van der Waals surface area (Å²) in [4.78, 5) is 24.5. The van der Waals surface area contributed by atoms with Crippen LogP contribution in [0.5, 0.6) is 0 Å². The summed E-state index contributed by atoms with van der Waals surface area (Å²) in [6, 6.07) is 1.76. The average Bonchev–Trinajstić information content (AvgIpc) is 3.00. The highest BCUT2D eigenvalue weighted by atomic mass is 32.1. The van der Waals surface area contributed by atoms with Gasteiger partial charge in [-0.1, -0.05) is 5.16 Å². The summed E-state index contributed by atoms with van der Waals surface area (Å²) < 4.78 is 9.81. The van der Waals surface area contributed by atoms with Gasteiger partial charge in [0.25, 0.3) is 0 Å². The third-order valence-corrected chi connectivity index (χ3v) is 4.58. The van der Waals surface area contributed by atoms with Crippen molar-refractivity contribution in [2.75, 3.05) is 12.4 Å². The predicted octanol–water partition coefficient (Wildman–Crippen LogP) is 3.19. The van der Waals surface area contributed by atoms with Crippen molar-refractivity contribution in [1.29, 1.82) is 0 Å². The van der Waals surface area contributed by atoms with E-state index in [9.17, 15) is 9.59 Å². The molecule has 0 aromatic carbocycles. The highest BCUT2D eigenvalue weighted by Crippen LogP contribution is 2.29. The second kappa shape index (κ2) is 6.31. The highest BCUT2D eigenvalue weighted by molar-refractivity contribution is 7.18. The monoisotopic (exact) mass is 322 g/mol. The number of esters is 1. The largest absolute Gasteiger partial charge is 0.465 e. The fourth-order valence-corrected chi connectivity index (χ4v) is 3.30. The van der Waals surface area contributed by atoms with E-state index in [0.717, 1.165) is 11.1 Å². The fraction of sp³-hybridized carbons (Fsp3) is 0.400. The number of aromatic nitrogens is 1. The van der Waals surface area contributed by atoms with Crippen LogP contribution in [0.4, 0.5) is 5.00 Å². The maximum atomic E-state index is 12.4. The van der Waals surface area contributed by atoms with E-state index in [4.69, 9.17) is 9.26 Å². The zero-order valence-electron chi connectivity index (χ0n) is 13.1. The Morgan fingerprint density at radius 2 is 2.05 bits per heavy atom. The molecule has 6 nitrogen and oxygen atoms in total. The summed E-state index contributed by atoms with van der Waals surface area (Å²) >= 11 is 1.20. The number of carbonyl (C=O) groups is 2. The number of thiophene rings is 1. The van der Waals surface area contributed by atoms with E-state index >= 15 is 0 Å². The SMILES string of the molecule is COC(=O)c1sc(NC(=O)[C@@H](C)c2c(C)noc2C)cc1C. The number of hydrogen-bond donors (Lipinski definition) is 1. The summed E-state index contributed by atoms with van der Waals surface area (Å²) in [6.45, 7) is 7.18. The molecule has 0 saturated heterocycles. The molecule has 1 N–H and O–H groups in total. The predicted molar refractivity (Wildman–Crippen MR) is 83.4 cm³/mol. The number of methoxy groups -OCH3 is 1. The molecule has 7 heteroatoms. The third-order valence-electron chi connectivity index (χ3n) is 3.45. The lowest BCUT2D eigenvalue weighted by molar-refractivity contribution is -0.117. The van der Waals surface area contributed by atoms with Crippen LogP contribution in [-0.4, -0.2) is 24.1 Å². The van der Waals surface area contributed by atoms with Crippen LogP contribution in [0, 0.1) is 20.8 Å². The van der Waals surface area contributed by atoms with Crippen molar-refractivity contribution < 1.29 is 18.8 Å². The van der Waals surface area contributed by atoms with Gasteiger partial charge in [-0.3, -0.25) is 4.79 Å². The fourth-order valence-electron chi connectivity index (χ4n) is 2.31. The summed E-state index contributed by atoms with van der Waals surface area (Å²) in [6.07, 6.45) is 0. The van der Waals surface area contributed by atoms with Crippen LogP contribution in [0.1, 0.15) is 45.1 Å². The van der Waals surface area contributed by atoms with Gasteiger partial charge in [-0.25, -0.2) is 4.79 Å². The van der Waals surface area contributed by atoms with Crippen molar-refractivity contribution in [2.45, 2.75) is 33.6 Å². The van der Waals surface area contributed by atoms with E-state index in [0.29, 0.717) is 21.3 Å². The topological polar surface area (TPSA) is 81.4 Å². The molecular formula is C15H18N2O4S. The number of hydrogen-bond acceptors (Lipinski definition) is 6. The number of amides is 1. The summed E-state index contributed by atoms with van der Waals surface area (Å²) in [5.41, 5.74) is 2.27. The molecule has 118 valence electrons. The van der Waals surface area contributed by atoms with Crippen LogP contribution < -0.4 is 5.32 Å². The molecule has 0 aliphatic rings. The minimum Gasteiger partial charge on any atom is -0.465 e. The Bertz CT molecular complexity index is 698. The standard InChI is InChI=1S/C15H18N2O4S/c1-7-6-11(22-13(7)15(19)20-5)16-14(18)8(2)12-9(3)17-21-10(12)4/h6,8H,1-5H3,(H,16,18)/t8-/m0/s1. The van der Waals surface area contributed by atoms with Crippen LogP contribution in [0.2, 0.25) is 0 Å². The lowest BCUT2D eigenvalue weighted by Gasteiger charge is -2.10. The Labute approximate surface area is 132 Å². The zero-order valence-corrected chi connectivity index (χ0v) is 14.0. The van der Waals surface area contributed by atoms with Gasteiger partial charge >= 0.3 is 5.97 Å². The first-order chi connectivity index (χ1) is 10.3. The van der Waals surface area contributed by atoms with Gasteiger partial charge < -0.3 is 14.6 Å². The van der Waals surface area contributed by atoms with Gasteiger partial charge in [0.15, 0.2) is 0 Å². The van der Waals surface area contributed by atoms with Gasteiger partial charge in [0, 0.05) is 5.56 Å². The molecule has 0 bridgehead atoms. The molecule has 0 saturated carbocycles. The lowest BCUT2D eigenvalue weighted by atomic mass is 9.99. The van der Waals surface area contributed by atoms with E-state index in [1.165, 1.54) is 18.4 Å². The quantitative estimate of drug-likeness (QED) is 0.874. The molecule has 0 radical (unpaired) electrons. The Morgan fingerprint density at radius 3 is 2.59 bits per heavy atom. The van der Waals surface area contributed by atoms with Gasteiger partial charge in [-0.05, 0) is 39.3 Å². The average molecular weight is 322 g/mol. The number of nitrogens with one attached hydrogen (secondary N) is 1. The maximum absolute atomic E-state index is 12.4. The number of ether oxygens (including phenoxy) is 1.